The summed E-state index contributed by atoms with van der Waals surface area (Å²) in [7, 11) is 0.599. The smallest absolute Gasteiger partial charge is 0.186 e. The van der Waals surface area contributed by atoms with Gasteiger partial charge in [0.25, 0.3) is 0 Å². The van der Waals surface area contributed by atoms with E-state index in [1.165, 1.54) is 114 Å². The fourth-order valence-corrected chi connectivity index (χ4v) is 4.92. The van der Waals surface area contributed by atoms with Gasteiger partial charge in [-0.2, -0.15) is 0 Å². The van der Waals surface area contributed by atoms with Crippen LogP contribution < -0.4 is 0 Å². The lowest BCUT2D eigenvalue weighted by Gasteiger charge is -2.19. The number of alkyl halides is 1. The van der Waals surface area contributed by atoms with Gasteiger partial charge in [0.1, 0.15) is 0 Å². The molecule has 0 aromatic heterocycles. The summed E-state index contributed by atoms with van der Waals surface area (Å²) >= 11 is 3.50. The summed E-state index contributed by atoms with van der Waals surface area (Å²) < 4.78 is 5.60. The number of unbranched alkanes of at least 4 members (excludes halogenated alkanes) is 15. The van der Waals surface area contributed by atoms with E-state index >= 15 is 0 Å². The predicted molar refractivity (Wildman–Crippen MR) is 117 cm³/mol. The highest BCUT2D eigenvalue weighted by Gasteiger charge is 2.18. The van der Waals surface area contributed by atoms with E-state index in [1.54, 1.807) is 0 Å². The highest BCUT2D eigenvalue weighted by atomic mass is 79.9. The normalized spacial score (nSPS) is 12.0. The van der Waals surface area contributed by atoms with Crippen molar-refractivity contribution in [3.05, 3.63) is 0 Å². The third-order valence-corrected chi connectivity index (χ3v) is 8.44. The zero-order valence-corrected chi connectivity index (χ0v) is 19.6. The largest absolute Gasteiger partial charge is 0.420 e. The standard InChI is InChI=1S/C21H45BrOSi/c1-23-24(2,3)21-19-17-15-13-11-9-7-5-4-6-8-10-12-14-16-18-20-22/h4-21H2,1-3H3. The molecular weight excluding hydrogens is 376 g/mol. The van der Waals surface area contributed by atoms with Crippen molar-refractivity contribution in [1.82, 2.24) is 0 Å². The first-order valence-electron chi connectivity index (χ1n) is 10.7. The van der Waals surface area contributed by atoms with Crippen LogP contribution in [0.5, 0.6) is 0 Å². The third-order valence-electron chi connectivity index (χ3n) is 5.22. The Labute approximate surface area is 163 Å². The molecule has 0 aliphatic rings. The van der Waals surface area contributed by atoms with Crippen molar-refractivity contribution in [3.63, 3.8) is 0 Å². The van der Waals surface area contributed by atoms with E-state index in [-0.39, 0.29) is 0 Å². The van der Waals surface area contributed by atoms with E-state index in [1.807, 2.05) is 7.11 Å². The summed E-state index contributed by atoms with van der Waals surface area (Å²) in [4.78, 5) is 0. The molecule has 0 unspecified atom stereocenters. The van der Waals surface area contributed by atoms with Gasteiger partial charge in [-0.25, -0.2) is 0 Å². The molecule has 146 valence electrons. The van der Waals surface area contributed by atoms with Crippen LogP contribution in [-0.2, 0) is 4.43 Å². The Morgan fingerprint density at radius 2 is 0.833 bits per heavy atom. The van der Waals surface area contributed by atoms with Gasteiger partial charge in [-0.05, 0) is 25.6 Å². The summed E-state index contributed by atoms with van der Waals surface area (Å²) in [5.41, 5.74) is 0. The molecule has 0 bridgehead atoms. The maximum Gasteiger partial charge on any atom is 0.186 e. The summed E-state index contributed by atoms with van der Waals surface area (Å²) in [6, 6.07) is 1.33. The van der Waals surface area contributed by atoms with Crippen LogP contribution in [-0.4, -0.2) is 20.8 Å². The second kappa shape index (κ2) is 18.4. The molecule has 0 saturated carbocycles. The van der Waals surface area contributed by atoms with Crippen LogP contribution in [0, 0.1) is 0 Å². The minimum absolute atomic E-state index is 1.18. The average molecular weight is 422 g/mol. The van der Waals surface area contributed by atoms with Gasteiger partial charge in [0.05, 0.1) is 0 Å². The van der Waals surface area contributed by atoms with E-state index in [9.17, 15) is 0 Å². The number of halogens is 1. The molecule has 0 aromatic rings. The third kappa shape index (κ3) is 19.0. The fraction of sp³-hybridized carbons (Fsp3) is 1.00. The Bertz CT molecular complexity index is 246. The lowest BCUT2D eigenvalue weighted by atomic mass is 10.0. The lowest BCUT2D eigenvalue weighted by molar-refractivity contribution is 0.400. The van der Waals surface area contributed by atoms with Crippen LogP contribution in [0.15, 0.2) is 0 Å². The van der Waals surface area contributed by atoms with Crippen LogP contribution in [0.3, 0.4) is 0 Å². The molecule has 0 heterocycles. The molecular formula is C21H45BrOSi. The number of hydrogen-bond acceptors (Lipinski definition) is 1. The molecule has 3 heteroatoms. The van der Waals surface area contributed by atoms with Crippen LogP contribution in [0.1, 0.15) is 103 Å². The Kier molecular flexibility index (Phi) is 19.0. The van der Waals surface area contributed by atoms with E-state index < -0.39 is 8.32 Å². The molecule has 0 aliphatic heterocycles. The van der Waals surface area contributed by atoms with Crippen molar-refractivity contribution in [2.45, 2.75) is 122 Å². The van der Waals surface area contributed by atoms with Crippen LogP contribution >= 0.6 is 15.9 Å². The average Bonchev–Trinajstić information content (AvgIpc) is 2.57. The fourth-order valence-electron chi connectivity index (χ4n) is 3.22. The van der Waals surface area contributed by atoms with Crippen LogP contribution in [0.2, 0.25) is 19.1 Å². The van der Waals surface area contributed by atoms with E-state index in [0.717, 1.165) is 0 Å². The lowest BCUT2D eigenvalue weighted by Crippen LogP contribution is -2.27. The summed E-state index contributed by atoms with van der Waals surface area (Å²) in [5.74, 6) is 0. The first-order chi connectivity index (χ1) is 11.6. The molecule has 0 fully saturated rings. The first-order valence-corrected chi connectivity index (χ1v) is 15.0. The summed E-state index contributed by atoms with van der Waals surface area (Å²) in [6.45, 7) is 4.66. The van der Waals surface area contributed by atoms with E-state index in [4.69, 9.17) is 4.43 Å². The van der Waals surface area contributed by atoms with Gasteiger partial charge in [0, 0.05) is 12.4 Å². The molecule has 0 saturated heterocycles. The van der Waals surface area contributed by atoms with Crippen molar-refractivity contribution < 1.29 is 4.43 Å². The highest BCUT2D eigenvalue weighted by molar-refractivity contribution is 9.09. The highest BCUT2D eigenvalue weighted by Crippen LogP contribution is 2.17. The van der Waals surface area contributed by atoms with Gasteiger partial charge in [0.2, 0.25) is 0 Å². The number of hydrogen-bond donors (Lipinski definition) is 0. The Morgan fingerprint density at radius 3 is 1.12 bits per heavy atom. The van der Waals surface area contributed by atoms with Gasteiger partial charge in [-0.3, -0.25) is 0 Å². The second-order valence-corrected chi connectivity index (χ2v) is 13.3. The maximum atomic E-state index is 5.60. The zero-order valence-electron chi connectivity index (χ0n) is 17.0. The van der Waals surface area contributed by atoms with Crippen LogP contribution in [0.25, 0.3) is 0 Å². The SMILES string of the molecule is CO[Si](C)(C)CCCCCCCCCCCCCCCCCCBr. The monoisotopic (exact) mass is 420 g/mol. The zero-order chi connectivity index (χ0) is 17.9. The molecule has 0 N–H and O–H groups in total. The minimum Gasteiger partial charge on any atom is -0.420 e. The van der Waals surface area contributed by atoms with Gasteiger partial charge < -0.3 is 4.43 Å². The molecule has 0 atom stereocenters. The van der Waals surface area contributed by atoms with Gasteiger partial charge >= 0.3 is 0 Å². The second-order valence-electron chi connectivity index (χ2n) is 8.06. The van der Waals surface area contributed by atoms with Crippen molar-refractivity contribution in [2.24, 2.45) is 0 Å². The van der Waals surface area contributed by atoms with Crippen molar-refractivity contribution in [3.8, 4) is 0 Å². The summed E-state index contributed by atoms with van der Waals surface area (Å²) in [5, 5.41) is 1.18. The molecule has 24 heavy (non-hydrogen) atoms. The molecule has 0 aliphatic carbocycles. The minimum atomic E-state index is -1.29. The van der Waals surface area contributed by atoms with Gasteiger partial charge in [0.15, 0.2) is 8.32 Å². The molecule has 0 aromatic carbocycles. The Hall–Kier alpha value is 0.657. The van der Waals surface area contributed by atoms with E-state index in [0.29, 0.717) is 0 Å². The van der Waals surface area contributed by atoms with Crippen LogP contribution in [0.4, 0.5) is 0 Å². The topological polar surface area (TPSA) is 9.23 Å². The first kappa shape index (κ1) is 24.7. The van der Waals surface area contributed by atoms with Crippen molar-refractivity contribution in [1.29, 1.82) is 0 Å². The molecule has 0 spiro atoms. The molecule has 0 amide bonds. The van der Waals surface area contributed by atoms with Crippen molar-refractivity contribution >= 4 is 24.2 Å². The van der Waals surface area contributed by atoms with Gasteiger partial charge in [-0.15, -0.1) is 0 Å². The quantitative estimate of drug-likeness (QED) is 0.115. The predicted octanol–water partition coefficient (Wildman–Crippen LogP) is 8.47. The van der Waals surface area contributed by atoms with Gasteiger partial charge in [-0.1, -0.05) is 112 Å². The Balaban J connectivity index is 3.05. The molecule has 1 nitrogen and oxygen atoms in total. The summed E-state index contributed by atoms with van der Waals surface area (Å²) in [6.07, 6.45) is 23.1. The Morgan fingerprint density at radius 1 is 0.542 bits per heavy atom. The maximum absolute atomic E-state index is 5.60. The molecule has 0 radical (unpaired) electrons. The van der Waals surface area contributed by atoms with Crippen molar-refractivity contribution in [2.75, 3.05) is 12.4 Å². The molecule has 0 rings (SSSR count). The van der Waals surface area contributed by atoms with E-state index in [2.05, 4.69) is 29.0 Å². The number of rotatable bonds is 19.